The van der Waals surface area contributed by atoms with Gasteiger partial charge in [0.2, 0.25) is 0 Å². The minimum absolute atomic E-state index is 0.0915. The molecule has 0 aliphatic heterocycles. The standard InChI is InChI=1S/C50H86O6/c1-4-7-10-13-15-17-19-21-23-25-27-28-30-32-34-37-40-43-49(52)55-46-47(45-54-48(51)42-39-36-12-9-6-3)56-50(53)44-41-38-35-33-31-29-26-24-22-20-18-16-14-11-8-5-2/h7,10,15,17,21,23,27-28,32,34,47H,4-6,8-9,11-14,16,18-20,22,24-26,29-31,33,35-46H2,1-3H3/b10-7-,17-15-,23-21-,28-27-,34-32-. The molecule has 0 saturated heterocycles. The molecule has 0 N–H and O–H groups in total. The Bertz CT molecular complexity index is 1040. The van der Waals surface area contributed by atoms with Crippen molar-refractivity contribution in [2.75, 3.05) is 13.2 Å². The van der Waals surface area contributed by atoms with Crippen molar-refractivity contribution in [3.05, 3.63) is 60.8 Å². The minimum atomic E-state index is -0.789. The van der Waals surface area contributed by atoms with Crippen LogP contribution in [0.5, 0.6) is 0 Å². The van der Waals surface area contributed by atoms with Crippen LogP contribution in [0.3, 0.4) is 0 Å². The summed E-state index contributed by atoms with van der Waals surface area (Å²) in [5, 5.41) is 0. The Morgan fingerprint density at radius 3 is 1.09 bits per heavy atom. The van der Waals surface area contributed by atoms with Crippen LogP contribution in [0.4, 0.5) is 0 Å². The molecule has 0 aromatic carbocycles. The van der Waals surface area contributed by atoms with E-state index in [-0.39, 0.29) is 37.5 Å². The van der Waals surface area contributed by atoms with E-state index in [9.17, 15) is 14.4 Å². The minimum Gasteiger partial charge on any atom is -0.462 e. The number of unbranched alkanes of at least 4 members (excludes halogenated alkanes) is 20. The predicted molar refractivity (Wildman–Crippen MR) is 238 cm³/mol. The second kappa shape index (κ2) is 44.8. The molecule has 0 bridgehead atoms. The Morgan fingerprint density at radius 2 is 0.696 bits per heavy atom. The normalized spacial score (nSPS) is 12.6. The van der Waals surface area contributed by atoms with Crippen LogP contribution in [-0.4, -0.2) is 37.2 Å². The number of esters is 3. The molecule has 0 fully saturated rings. The van der Waals surface area contributed by atoms with Crippen molar-refractivity contribution in [1.82, 2.24) is 0 Å². The number of hydrogen-bond donors (Lipinski definition) is 0. The summed E-state index contributed by atoms with van der Waals surface area (Å²) in [5.41, 5.74) is 0. The second-order valence-electron chi connectivity index (χ2n) is 15.3. The van der Waals surface area contributed by atoms with Gasteiger partial charge in [-0.1, -0.05) is 204 Å². The van der Waals surface area contributed by atoms with Gasteiger partial charge < -0.3 is 14.2 Å². The molecule has 1 atom stereocenters. The lowest BCUT2D eigenvalue weighted by atomic mass is 10.0. The van der Waals surface area contributed by atoms with Gasteiger partial charge in [-0.15, -0.1) is 0 Å². The molecule has 0 aliphatic rings. The van der Waals surface area contributed by atoms with Crippen molar-refractivity contribution in [2.24, 2.45) is 0 Å². The van der Waals surface area contributed by atoms with E-state index in [2.05, 4.69) is 81.5 Å². The van der Waals surface area contributed by atoms with Crippen molar-refractivity contribution >= 4 is 17.9 Å². The lowest BCUT2D eigenvalue weighted by molar-refractivity contribution is -0.167. The maximum atomic E-state index is 12.7. The lowest BCUT2D eigenvalue weighted by Crippen LogP contribution is -2.30. The first-order chi connectivity index (χ1) is 27.5. The third-order valence-electron chi connectivity index (χ3n) is 9.79. The van der Waals surface area contributed by atoms with Gasteiger partial charge >= 0.3 is 17.9 Å². The van der Waals surface area contributed by atoms with Gasteiger partial charge in [-0.3, -0.25) is 14.4 Å². The van der Waals surface area contributed by atoms with Crippen LogP contribution < -0.4 is 0 Å². The summed E-state index contributed by atoms with van der Waals surface area (Å²) in [4.78, 5) is 37.5. The number of carbonyl (C=O) groups is 3. The smallest absolute Gasteiger partial charge is 0.306 e. The van der Waals surface area contributed by atoms with Gasteiger partial charge in [0, 0.05) is 19.3 Å². The van der Waals surface area contributed by atoms with Crippen molar-refractivity contribution in [3.63, 3.8) is 0 Å². The number of allylic oxidation sites excluding steroid dienone is 10. The molecule has 0 saturated carbocycles. The first-order valence-corrected chi connectivity index (χ1v) is 23.3. The highest BCUT2D eigenvalue weighted by molar-refractivity contribution is 5.71. The molecule has 0 heterocycles. The maximum absolute atomic E-state index is 12.7. The maximum Gasteiger partial charge on any atom is 0.306 e. The molecule has 6 nitrogen and oxygen atoms in total. The van der Waals surface area contributed by atoms with Crippen LogP contribution in [0.2, 0.25) is 0 Å². The third-order valence-corrected chi connectivity index (χ3v) is 9.79. The van der Waals surface area contributed by atoms with Gasteiger partial charge in [-0.25, -0.2) is 0 Å². The Labute approximate surface area is 345 Å². The first kappa shape index (κ1) is 53.1. The third kappa shape index (κ3) is 42.3. The molecule has 0 spiro atoms. The van der Waals surface area contributed by atoms with Crippen LogP contribution >= 0.6 is 0 Å². The van der Waals surface area contributed by atoms with Crippen molar-refractivity contribution in [1.29, 1.82) is 0 Å². The Kier molecular flexibility index (Phi) is 42.5. The van der Waals surface area contributed by atoms with E-state index >= 15 is 0 Å². The molecule has 0 aliphatic carbocycles. The average molecular weight is 783 g/mol. The summed E-state index contributed by atoms with van der Waals surface area (Å²) >= 11 is 0. The van der Waals surface area contributed by atoms with E-state index in [1.165, 1.54) is 89.9 Å². The van der Waals surface area contributed by atoms with Crippen LogP contribution in [0, 0.1) is 0 Å². The summed E-state index contributed by atoms with van der Waals surface area (Å²) in [6.45, 7) is 6.39. The van der Waals surface area contributed by atoms with E-state index in [0.717, 1.165) is 83.5 Å². The zero-order valence-corrected chi connectivity index (χ0v) is 36.6. The number of rotatable bonds is 41. The highest BCUT2D eigenvalue weighted by Gasteiger charge is 2.19. The Hall–Kier alpha value is -2.89. The predicted octanol–water partition coefficient (Wildman–Crippen LogP) is 14.9. The molecule has 0 aromatic heterocycles. The Balaban J connectivity index is 4.30. The van der Waals surface area contributed by atoms with Gasteiger partial charge in [0.1, 0.15) is 13.2 Å². The number of carbonyl (C=O) groups excluding carboxylic acids is 3. The molecular formula is C50H86O6. The highest BCUT2D eigenvalue weighted by Crippen LogP contribution is 2.15. The summed E-state index contributed by atoms with van der Waals surface area (Å²) in [5.74, 6) is -0.965. The first-order valence-electron chi connectivity index (χ1n) is 23.3. The molecule has 322 valence electrons. The fourth-order valence-electron chi connectivity index (χ4n) is 6.30. The van der Waals surface area contributed by atoms with Crippen LogP contribution in [0.25, 0.3) is 0 Å². The zero-order chi connectivity index (χ0) is 40.8. The fraction of sp³-hybridized carbons (Fsp3) is 0.740. The van der Waals surface area contributed by atoms with Gasteiger partial charge in [-0.2, -0.15) is 0 Å². The quantitative estimate of drug-likeness (QED) is 0.0266. The summed E-state index contributed by atoms with van der Waals surface area (Å²) < 4.78 is 16.6. The molecule has 56 heavy (non-hydrogen) atoms. The molecule has 0 rings (SSSR count). The summed E-state index contributed by atoms with van der Waals surface area (Å²) in [6.07, 6.45) is 53.8. The van der Waals surface area contributed by atoms with Gasteiger partial charge in [-0.05, 0) is 57.8 Å². The molecule has 0 amide bonds. The van der Waals surface area contributed by atoms with E-state index < -0.39 is 6.10 Å². The monoisotopic (exact) mass is 783 g/mol. The Morgan fingerprint density at radius 1 is 0.375 bits per heavy atom. The van der Waals surface area contributed by atoms with Gasteiger partial charge in [0.25, 0.3) is 0 Å². The van der Waals surface area contributed by atoms with Crippen LogP contribution in [-0.2, 0) is 28.6 Å². The average Bonchev–Trinajstić information content (AvgIpc) is 3.19. The molecule has 1 unspecified atom stereocenters. The molecule has 0 radical (unpaired) electrons. The topological polar surface area (TPSA) is 78.9 Å². The van der Waals surface area contributed by atoms with E-state index in [1.807, 2.05) is 0 Å². The number of hydrogen-bond acceptors (Lipinski definition) is 6. The summed E-state index contributed by atoms with van der Waals surface area (Å²) in [7, 11) is 0. The highest BCUT2D eigenvalue weighted by atomic mass is 16.6. The van der Waals surface area contributed by atoms with E-state index in [1.54, 1.807) is 0 Å². The largest absolute Gasteiger partial charge is 0.462 e. The lowest BCUT2D eigenvalue weighted by Gasteiger charge is -2.18. The van der Waals surface area contributed by atoms with Crippen molar-refractivity contribution in [3.8, 4) is 0 Å². The molecule has 6 heteroatoms. The second-order valence-corrected chi connectivity index (χ2v) is 15.3. The van der Waals surface area contributed by atoms with Gasteiger partial charge in [0.15, 0.2) is 6.10 Å². The van der Waals surface area contributed by atoms with Crippen LogP contribution in [0.15, 0.2) is 60.8 Å². The molecular weight excluding hydrogens is 697 g/mol. The van der Waals surface area contributed by atoms with Crippen molar-refractivity contribution < 1.29 is 28.6 Å². The van der Waals surface area contributed by atoms with E-state index in [4.69, 9.17) is 14.2 Å². The molecule has 0 aromatic rings. The SMILES string of the molecule is CC/C=C\C/C=C\C/C=C\C/C=C\C/C=C\CCCC(=O)OCC(COC(=O)CCCCCCC)OC(=O)CCCCCCCCCCCCCCCCCC. The van der Waals surface area contributed by atoms with E-state index in [0.29, 0.717) is 19.3 Å². The number of ether oxygens (including phenoxy) is 3. The fourth-order valence-corrected chi connectivity index (χ4v) is 6.30. The van der Waals surface area contributed by atoms with Crippen LogP contribution in [0.1, 0.15) is 220 Å². The zero-order valence-electron chi connectivity index (χ0n) is 36.6. The summed E-state index contributed by atoms with van der Waals surface area (Å²) in [6, 6.07) is 0. The van der Waals surface area contributed by atoms with Crippen molar-refractivity contribution in [2.45, 2.75) is 226 Å². The van der Waals surface area contributed by atoms with Gasteiger partial charge in [0.05, 0.1) is 0 Å².